The molecule has 22 heavy (non-hydrogen) atoms. The molecule has 0 fully saturated rings. The van der Waals surface area contributed by atoms with Crippen LogP contribution in [0.2, 0.25) is 0 Å². The maximum absolute atomic E-state index is 2.37. The van der Waals surface area contributed by atoms with Gasteiger partial charge in [0.05, 0.1) is 0 Å². The normalized spacial score (nSPS) is 11.0. The maximum atomic E-state index is 2.37. The van der Waals surface area contributed by atoms with E-state index >= 15 is 0 Å². The van der Waals surface area contributed by atoms with Gasteiger partial charge in [-0.05, 0) is 18.9 Å². The predicted molar refractivity (Wildman–Crippen MR) is 97.1 cm³/mol. The van der Waals surface area contributed by atoms with Crippen molar-refractivity contribution in [1.82, 2.24) is 0 Å². The summed E-state index contributed by atoms with van der Waals surface area (Å²) in [6, 6.07) is 4.45. The number of rotatable bonds is 14. The summed E-state index contributed by atoms with van der Waals surface area (Å²) >= 11 is 0. The highest BCUT2D eigenvalue weighted by molar-refractivity contribution is 5.04. The van der Waals surface area contributed by atoms with Gasteiger partial charge in [-0.25, -0.2) is 4.57 Å². The summed E-state index contributed by atoms with van der Waals surface area (Å²) in [4.78, 5) is 0. The van der Waals surface area contributed by atoms with E-state index in [0.29, 0.717) is 0 Å². The van der Waals surface area contributed by atoms with Crippen LogP contribution in [0.3, 0.4) is 0 Å². The molecule has 1 heteroatoms. The smallest absolute Gasteiger partial charge is 0.171 e. The molecule has 0 unspecified atom stereocenters. The Bertz CT molecular complexity index is 359. The Morgan fingerprint density at radius 3 is 1.91 bits per heavy atom. The van der Waals surface area contributed by atoms with Crippen LogP contribution >= 0.6 is 0 Å². The number of nitrogens with zero attached hydrogens (tertiary/aromatic N) is 1. The Kier molecular flexibility index (Phi) is 12.0. The van der Waals surface area contributed by atoms with Crippen LogP contribution in [-0.2, 0) is 13.0 Å². The molecular weight excluding hydrogens is 266 g/mol. The molecule has 126 valence electrons. The van der Waals surface area contributed by atoms with E-state index in [1.807, 2.05) is 0 Å². The second-order valence-corrected chi connectivity index (χ2v) is 6.74. The van der Waals surface area contributed by atoms with Crippen LogP contribution < -0.4 is 4.57 Å². The summed E-state index contributed by atoms with van der Waals surface area (Å²) in [6.45, 7) is 5.73. The molecule has 0 bridgehead atoms. The van der Waals surface area contributed by atoms with E-state index in [1.54, 1.807) is 0 Å². The summed E-state index contributed by atoms with van der Waals surface area (Å²) in [5.74, 6) is 0. The molecule has 0 saturated carbocycles. The van der Waals surface area contributed by atoms with Crippen LogP contribution in [0.15, 0.2) is 24.5 Å². The lowest BCUT2D eigenvalue weighted by Gasteiger charge is -2.02. The minimum atomic E-state index is 1.19. The van der Waals surface area contributed by atoms with Crippen molar-refractivity contribution in [3.05, 3.63) is 30.1 Å². The van der Waals surface area contributed by atoms with Gasteiger partial charge in [-0.2, -0.15) is 0 Å². The van der Waals surface area contributed by atoms with Crippen LogP contribution in [0, 0.1) is 0 Å². The molecule has 1 aromatic rings. The van der Waals surface area contributed by atoms with E-state index in [0.717, 1.165) is 0 Å². The van der Waals surface area contributed by atoms with Crippen LogP contribution in [0.4, 0.5) is 0 Å². The number of unbranched alkanes of at least 4 members (excludes halogenated alkanes) is 10. The standard InChI is InChI=1S/C21H38N/c1-3-5-6-7-8-9-10-11-12-13-14-18-22-19-15-17-21(20-22)16-4-2/h15,17,19-20H,3-14,16,18H2,1-2H3/q+1. The van der Waals surface area contributed by atoms with Gasteiger partial charge in [0.2, 0.25) is 0 Å². The molecule has 1 rings (SSSR count). The highest BCUT2D eigenvalue weighted by Gasteiger charge is 2.02. The van der Waals surface area contributed by atoms with E-state index in [1.165, 1.54) is 95.6 Å². The maximum Gasteiger partial charge on any atom is 0.171 e. The van der Waals surface area contributed by atoms with E-state index in [-0.39, 0.29) is 0 Å². The van der Waals surface area contributed by atoms with Crippen molar-refractivity contribution in [2.45, 2.75) is 104 Å². The second kappa shape index (κ2) is 13.8. The first-order valence-electron chi connectivity index (χ1n) is 9.84. The summed E-state index contributed by atoms with van der Waals surface area (Å²) < 4.78 is 2.37. The third-order valence-corrected chi connectivity index (χ3v) is 4.48. The van der Waals surface area contributed by atoms with Crippen LogP contribution in [0.5, 0.6) is 0 Å². The first kappa shape index (κ1) is 19.2. The summed E-state index contributed by atoms with van der Waals surface area (Å²) in [7, 11) is 0. The molecule has 0 N–H and O–H groups in total. The van der Waals surface area contributed by atoms with Gasteiger partial charge in [0.1, 0.15) is 6.54 Å². The number of pyridine rings is 1. The third kappa shape index (κ3) is 9.97. The topological polar surface area (TPSA) is 3.88 Å². The number of aromatic nitrogens is 1. The van der Waals surface area contributed by atoms with Crippen molar-refractivity contribution in [3.8, 4) is 0 Å². The van der Waals surface area contributed by atoms with Gasteiger partial charge in [-0.15, -0.1) is 0 Å². The van der Waals surface area contributed by atoms with E-state index in [4.69, 9.17) is 0 Å². The predicted octanol–water partition coefficient (Wildman–Crippen LogP) is 6.24. The third-order valence-electron chi connectivity index (χ3n) is 4.48. The van der Waals surface area contributed by atoms with Crippen molar-refractivity contribution in [2.75, 3.05) is 0 Å². The zero-order valence-electron chi connectivity index (χ0n) is 15.2. The number of aryl methyl sites for hydroxylation is 2. The van der Waals surface area contributed by atoms with E-state index in [9.17, 15) is 0 Å². The van der Waals surface area contributed by atoms with Gasteiger partial charge in [-0.1, -0.05) is 78.1 Å². The van der Waals surface area contributed by atoms with Crippen molar-refractivity contribution >= 4 is 0 Å². The Hall–Kier alpha value is -0.850. The molecule has 0 spiro atoms. The van der Waals surface area contributed by atoms with E-state index in [2.05, 4.69) is 42.9 Å². The monoisotopic (exact) mass is 304 g/mol. The van der Waals surface area contributed by atoms with Crippen LogP contribution in [-0.4, -0.2) is 0 Å². The summed E-state index contributed by atoms with van der Waals surface area (Å²) in [5.41, 5.74) is 1.48. The van der Waals surface area contributed by atoms with Crippen molar-refractivity contribution in [1.29, 1.82) is 0 Å². The lowest BCUT2D eigenvalue weighted by atomic mass is 10.1. The van der Waals surface area contributed by atoms with Gasteiger partial charge in [0, 0.05) is 18.1 Å². The Balaban J connectivity index is 1.94. The molecule has 0 aliphatic rings. The molecule has 1 aromatic heterocycles. The molecule has 1 nitrogen and oxygen atoms in total. The van der Waals surface area contributed by atoms with Crippen molar-refractivity contribution < 1.29 is 4.57 Å². The lowest BCUT2D eigenvalue weighted by molar-refractivity contribution is -0.697. The fourth-order valence-electron chi connectivity index (χ4n) is 3.11. The second-order valence-electron chi connectivity index (χ2n) is 6.74. The quantitative estimate of drug-likeness (QED) is 0.283. The molecule has 0 aromatic carbocycles. The van der Waals surface area contributed by atoms with Gasteiger partial charge in [0.25, 0.3) is 0 Å². The fraction of sp³-hybridized carbons (Fsp3) is 0.762. The lowest BCUT2D eigenvalue weighted by Crippen LogP contribution is -2.33. The van der Waals surface area contributed by atoms with E-state index < -0.39 is 0 Å². The molecule has 0 amide bonds. The first-order chi connectivity index (χ1) is 10.9. The zero-order chi connectivity index (χ0) is 15.9. The average molecular weight is 305 g/mol. The molecule has 0 atom stereocenters. The Morgan fingerprint density at radius 2 is 1.32 bits per heavy atom. The Morgan fingerprint density at radius 1 is 0.727 bits per heavy atom. The molecular formula is C21H38N+. The van der Waals surface area contributed by atoms with Gasteiger partial charge < -0.3 is 0 Å². The molecule has 0 radical (unpaired) electrons. The largest absolute Gasteiger partial charge is 0.205 e. The van der Waals surface area contributed by atoms with Crippen molar-refractivity contribution in [2.24, 2.45) is 0 Å². The van der Waals surface area contributed by atoms with Crippen molar-refractivity contribution in [3.63, 3.8) is 0 Å². The fourth-order valence-corrected chi connectivity index (χ4v) is 3.11. The minimum Gasteiger partial charge on any atom is -0.205 e. The molecule has 0 aliphatic carbocycles. The Labute approximate surface area is 139 Å². The number of hydrogen-bond acceptors (Lipinski definition) is 0. The molecule has 0 saturated heterocycles. The van der Waals surface area contributed by atoms with Gasteiger partial charge in [-0.3, -0.25) is 0 Å². The first-order valence-corrected chi connectivity index (χ1v) is 9.84. The van der Waals surface area contributed by atoms with Crippen LogP contribution in [0.1, 0.15) is 96.5 Å². The highest BCUT2D eigenvalue weighted by Crippen LogP contribution is 2.11. The van der Waals surface area contributed by atoms with Crippen LogP contribution in [0.25, 0.3) is 0 Å². The SMILES string of the molecule is CCCCCCCCCCCCC[n+]1cccc(CCC)c1. The highest BCUT2D eigenvalue weighted by atomic mass is 14.9. The number of hydrogen-bond donors (Lipinski definition) is 0. The average Bonchev–Trinajstić information content (AvgIpc) is 2.53. The minimum absolute atomic E-state index is 1.19. The summed E-state index contributed by atoms with van der Waals surface area (Å²) in [5, 5.41) is 0. The van der Waals surface area contributed by atoms with Gasteiger partial charge in [0.15, 0.2) is 12.4 Å². The molecule has 1 heterocycles. The van der Waals surface area contributed by atoms with Gasteiger partial charge >= 0.3 is 0 Å². The zero-order valence-corrected chi connectivity index (χ0v) is 15.2. The molecule has 0 aliphatic heterocycles. The summed E-state index contributed by atoms with van der Waals surface area (Å²) in [6.07, 6.45) is 22.6.